The Labute approximate surface area is 67.1 Å². The molecule has 1 radical (unpaired) electrons. The van der Waals surface area contributed by atoms with Crippen LogP contribution in [0.15, 0.2) is 12.2 Å². The molecule has 0 fully saturated rings. The van der Waals surface area contributed by atoms with Crippen molar-refractivity contribution in [2.75, 3.05) is 12.8 Å². The van der Waals surface area contributed by atoms with E-state index < -0.39 is 0 Å². The number of rotatable bonds is 4. The molecule has 0 N–H and O–H groups in total. The van der Waals surface area contributed by atoms with Crippen LogP contribution in [-0.4, -0.2) is 18.7 Å². The van der Waals surface area contributed by atoms with Gasteiger partial charge in [0.25, 0.3) is 0 Å². The molecule has 10 heavy (non-hydrogen) atoms. The van der Waals surface area contributed by atoms with Crippen LogP contribution in [0, 0.1) is 0 Å². The Morgan fingerprint density at radius 1 is 1.80 bits per heavy atom. The van der Waals surface area contributed by atoms with Gasteiger partial charge in [0.2, 0.25) is 0 Å². The lowest BCUT2D eigenvalue weighted by molar-refractivity contribution is -0.138. The van der Waals surface area contributed by atoms with Crippen LogP contribution in [0.5, 0.6) is 0 Å². The predicted molar refractivity (Wildman–Crippen MR) is 46.3 cm³/mol. The zero-order chi connectivity index (χ0) is 7.98. The van der Waals surface area contributed by atoms with E-state index in [1.165, 1.54) is 0 Å². The Morgan fingerprint density at radius 3 is 2.80 bits per heavy atom. The second-order valence-corrected chi connectivity index (χ2v) is 3.47. The van der Waals surface area contributed by atoms with Crippen molar-refractivity contribution in [1.82, 2.24) is 0 Å². The van der Waals surface area contributed by atoms with Crippen LogP contribution in [0.1, 0.15) is 6.92 Å². The summed E-state index contributed by atoms with van der Waals surface area (Å²) in [5, 5.41) is 0. The van der Waals surface area contributed by atoms with Crippen LogP contribution >= 0.6 is 7.36 Å². The second kappa shape index (κ2) is 5.51. The first-order valence-electron chi connectivity index (χ1n) is 2.86. The Hall–Kier alpha value is -0.270. The van der Waals surface area contributed by atoms with E-state index in [0.29, 0.717) is 19.5 Å². The number of carbonyl (C=O) groups excluding carboxylic acids is 1. The molecule has 0 bridgehead atoms. The van der Waals surface area contributed by atoms with E-state index >= 15 is 0 Å². The Bertz CT molecular complexity index is 156. The molecule has 1 unspecified atom stereocenters. The van der Waals surface area contributed by atoms with Gasteiger partial charge in [-0.3, -0.25) is 0 Å². The van der Waals surface area contributed by atoms with Crippen molar-refractivity contribution in [2.24, 2.45) is 0 Å². The Balaban J connectivity index is 3.40. The second-order valence-electron chi connectivity index (χ2n) is 1.81. The summed E-state index contributed by atoms with van der Waals surface area (Å²) in [7, 11) is 0.427. The Kier molecular flexibility index (Phi) is 5.36. The summed E-state index contributed by atoms with van der Waals surface area (Å²) in [5.74, 6) is -0.326. The van der Waals surface area contributed by atoms with Gasteiger partial charge in [-0.25, -0.2) is 4.79 Å². The van der Waals surface area contributed by atoms with Gasteiger partial charge in [0.05, 0.1) is 6.61 Å². The molecule has 0 spiro atoms. The van der Waals surface area contributed by atoms with Crippen LogP contribution in [0.3, 0.4) is 0 Å². The fourth-order valence-electron chi connectivity index (χ4n) is 0.309. The maximum atomic E-state index is 10.7. The van der Waals surface area contributed by atoms with Crippen molar-refractivity contribution >= 4 is 25.1 Å². The number of hydrogen-bond acceptors (Lipinski definition) is 3. The van der Waals surface area contributed by atoms with Crippen LogP contribution in [0.25, 0.3) is 0 Å². The highest BCUT2D eigenvalue weighted by Gasteiger charge is 1.99. The van der Waals surface area contributed by atoms with Gasteiger partial charge in [0.15, 0.2) is 0 Å². The summed E-state index contributed by atoms with van der Waals surface area (Å²) >= 11 is 4.68. The molecule has 0 aliphatic rings. The SMILES string of the molecule is C=C(C)C(=O)OCC[PH]=S. The van der Waals surface area contributed by atoms with Gasteiger partial charge in [0, 0.05) is 11.7 Å². The smallest absolute Gasteiger partial charge is 0.333 e. The summed E-state index contributed by atoms with van der Waals surface area (Å²) in [6.45, 7) is 5.48. The third-order valence-corrected chi connectivity index (χ3v) is 1.81. The molecule has 0 aliphatic heterocycles. The van der Waals surface area contributed by atoms with Gasteiger partial charge in [0.1, 0.15) is 0 Å². The molecule has 0 aromatic heterocycles. The molecule has 57 valence electrons. The largest absolute Gasteiger partial charge is 0.462 e. The van der Waals surface area contributed by atoms with E-state index in [9.17, 15) is 4.79 Å². The fourth-order valence-corrected chi connectivity index (χ4v) is 0.744. The molecule has 0 aromatic carbocycles. The molecular formula is C6H10O2PS. The molecule has 4 heteroatoms. The summed E-state index contributed by atoms with van der Waals surface area (Å²) in [4.78, 5) is 10.7. The molecular weight excluding hydrogens is 167 g/mol. The van der Waals surface area contributed by atoms with E-state index in [4.69, 9.17) is 4.74 Å². The van der Waals surface area contributed by atoms with Gasteiger partial charge in [-0.15, -0.1) is 0 Å². The average Bonchev–Trinajstić information content (AvgIpc) is 1.88. The zero-order valence-corrected chi connectivity index (χ0v) is 7.66. The van der Waals surface area contributed by atoms with E-state index in [-0.39, 0.29) is 5.97 Å². The summed E-state index contributed by atoms with van der Waals surface area (Å²) in [6, 6.07) is 0. The maximum Gasteiger partial charge on any atom is 0.333 e. The lowest BCUT2D eigenvalue weighted by atomic mass is 10.4. The zero-order valence-electron chi connectivity index (χ0n) is 5.85. The topological polar surface area (TPSA) is 26.3 Å². The van der Waals surface area contributed by atoms with Crippen molar-refractivity contribution in [3.8, 4) is 0 Å². The minimum absolute atomic E-state index is 0.326. The highest BCUT2D eigenvalue weighted by Crippen LogP contribution is 1.95. The molecule has 2 nitrogen and oxygen atoms in total. The van der Waals surface area contributed by atoms with Gasteiger partial charge in [-0.05, 0) is 6.92 Å². The standard InChI is InChI=1S/C6H10O2PS/c1-5(2)6(7)8-3-4-9-10/h9H,1,3-4H2,2H3. The summed E-state index contributed by atoms with van der Waals surface area (Å²) in [5.41, 5.74) is 0.438. The van der Waals surface area contributed by atoms with Crippen molar-refractivity contribution in [3.63, 3.8) is 0 Å². The van der Waals surface area contributed by atoms with Crippen molar-refractivity contribution in [1.29, 1.82) is 0 Å². The molecule has 0 heterocycles. The van der Waals surface area contributed by atoms with Crippen LogP contribution < -0.4 is 0 Å². The number of hydrogen-bond donors (Lipinski definition) is 0. The van der Waals surface area contributed by atoms with Crippen molar-refractivity contribution in [2.45, 2.75) is 6.92 Å². The monoisotopic (exact) mass is 177 g/mol. The summed E-state index contributed by atoms with van der Waals surface area (Å²) in [6.07, 6.45) is 0.772. The first kappa shape index (κ1) is 9.73. The predicted octanol–water partition coefficient (Wildman–Crippen LogP) is 1.25. The third-order valence-electron chi connectivity index (χ3n) is 0.786. The molecule has 0 aromatic rings. The van der Waals surface area contributed by atoms with Crippen molar-refractivity contribution in [3.05, 3.63) is 12.2 Å². The molecule has 0 aliphatic carbocycles. The highest BCUT2D eigenvalue weighted by molar-refractivity contribution is 7.96. The van der Waals surface area contributed by atoms with Crippen molar-refractivity contribution < 1.29 is 9.53 Å². The average molecular weight is 177 g/mol. The fraction of sp³-hybridized carbons (Fsp3) is 0.500. The normalized spacial score (nSPS) is 9.30. The first-order chi connectivity index (χ1) is 4.68. The third kappa shape index (κ3) is 4.59. The molecule has 0 saturated carbocycles. The number of carbonyl (C=O) groups is 1. The first-order valence-corrected chi connectivity index (χ1v) is 5.20. The van der Waals surface area contributed by atoms with Gasteiger partial charge in [-0.2, -0.15) is 0 Å². The van der Waals surface area contributed by atoms with Crippen LogP contribution in [0.2, 0.25) is 0 Å². The molecule has 1 atom stereocenters. The molecule has 0 rings (SSSR count). The van der Waals surface area contributed by atoms with E-state index in [1.807, 2.05) is 0 Å². The van der Waals surface area contributed by atoms with Gasteiger partial charge < -0.3 is 4.74 Å². The minimum Gasteiger partial charge on any atom is -0.462 e. The lowest BCUT2D eigenvalue weighted by Crippen LogP contribution is -2.06. The summed E-state index contributed by atoms with van der Waals surface area (Å²) < 4.78 is 4.75. The van der Waals surface area contributed by atoms with Gasteiger partial charge >= 0.3 is 5.97 Å². The Morgan fingerprint density at radius 2 is 2.40 bits per heavy atom. The van der Waals surface area contributed by atoms with Crippen LogP contribution in [0.4, 0.5) is 0 Å². The number of esters is 1. The molecule has 0 saturated heterocycles. The minimum atomic E-state index is -0.326. The quantitative estimate of drug-likeness (QED) is 0.280. The van der Waals surface area contributed by atoms with E-state index in [0.717, 1.165) is 6.16 Å². The highest BCUT2D eigenvalue weighted by atomic mass is 32.4. The lowest BCUT2D eigenvalue weighted by Gasteiger charge is -1.99. The van der Waals surface area contributed by atoms with Gasteiger partial charge in [-0.1, -0.05) is 25.7 Å². The molecule has 0 amide bonds. The number of ether oxygens (including phenoxy) is 1. The maximum absolute atomic E-state index is 10.7. The van der Waals surface area contributed by atoms with E-state index in [2.05, 4.69) is 18.4 Å². The van der Waals surface area contributed by atoms with Crippen LogP contribution in [-0.2, 0) is 21.3 Å². The van der Waals surface area contributed by atoms with E-state index in [1.54, 1.807) is 6.92 Å².